The number of hydrogen-bond acceptors (Lipinski definition) is 2. The van der Waals surface area contributed by atoms with Crippen LogP contribution in [0.4, 0.5) is 0 Å². The van der Waals surface area contributed by atoms with E-state index in [4.69, 9.17) is 0 Å². The number of nitrogens with one attached hydrogen (secondary N) is 1. The lowest BCUT2D eigenvalue weighted by atomic mass is 9.87. The highest BCUT2D eigenvalue weighted by atomic mass is 16.2. The summed E-state index contributed by atoms with van der Waals surface area (Å²) in [4.78, 5) is 14.6. The summed E-state index contributed by atoms with van der Waals surface area (Å²) in [7, 11) is 1.89. The molecule has 0 aromatic heterocycles. The highest BCUT2D eigenvalue weighted by molar-refractivity contribution is 5.82. The van der Waals surface area contributed by atoms with Crippen molar-refractivity contribution in [2.45, 2.75) is 39.7 Å². The van der Waals surface area contributed by atoms with Crippen LogP contribution >= 0.6 is 0 Å². The van der Waals surface area contributed by atoms with E-state index in [9.17, 15) is 4.79 Å². The van der Waals surface area contributed by atoms with Gasteiger partial charge in [0.2, 0.25) is 5.91 Å². The monoisotopic (exact) mass is 262 g/mol. The van der Waals surface area contributed by atoms with Crippen LogP contribution in [0.5, 0.6) is 0 Å². The number of carbonyl (C=O) groups is 1. The molecular formula is C16H26N2O. The molecule has 1 aliphatic heterocycles. The van der Waals surface area contributed by atoms with Crippen molar-refractivity contribution in [3.8, 4) is 0 Å². The summed E-state index contributed by atoms with van der Waals surface area (Å²) >= 11 is 0. The number of amides is 1. The molecule has 1 heterocycles. The van der Waals surface area contributed by atoms with Crippen molar-refractivity contribution in [2.75, 3.05) is 20.1 Å². The highest BCUT2D eigenvalue weighted by Crippen LogP contribution is 2.33. The third-order valence-corrected chi connectivity index (χ3v) is 4.49. The summed E-state index contributed by atoms with van der Waals surface area (Å²) in [5.41, 5.74) is 1.43. The Morgan fingerprint density at radius 2 is 2.21 bits per heavy atom. The smallest absolute Gasteiger partial charge is 0.239 e. The minimum atomic E-state index is -0.0180. The minimum Gasteiger partial charge on any atom is -0.337 e. The Kier molecular flexibility index (Phi) is 4.14. The predicted molar refractivity (Wildman–Crippen MR) is 78.8 cm³/mol. The molecule has 0 aromatic rings. The summed E-state index contributed by atoms with van der Waals surface area (Å²) in [6.45, 7) is 8.31. The van der Waals surface area contributed by atoms with E-state index in [1.165, 1.54) is 5.57 Å². The molecule has 1 N–H and O–H groups in total. The molecule has 1 amide bonds. The van der Waals surface area contributed by atoms with Gasteiger partial charge in [-0.15, -0.1) is 0 Å². The van der Waals surface area contributed by atoms with Crippen LogP contribution in [-0.2, 0) is 4.79 Å². The van der Waals surface area contributed by atoms with Crippen LogP contribution in [0, 0.1) is 11.3 Å². The van der Waals surface area contributed by atoms with Gasteiger partial charge in [-0.05, 0) is 31.4 Å². The van der Waals surface area contributed by atoms with Crippen molar-refractivity contribution < 1.29 is 4.79 Å². The van der Waals surface area contributed by atoms with Gasteiger partial charge in [0.05, 0.1) is 6.04 Å². The second kappa shape index (κ2) is 5.49. The first-order valence-electron chi connectivity index (χ1n) is 7.29. The van der Waals surface area contributed by atoms with Crippen molar-refractivity contribution in [2.24, 2.45) is 11.3 Å². The molecule has 19 heavy (non-hydrogen) atoms. The maximum Gasteiger partial charge on any atom is 0.239 e. The van der Waals surface area contributed by atoms with Crippen molar-refractivity contribution in [3.63, 3.8) is 0 Å². The van der Waals surface area contributed by atoms with E-state index in [1.807, 2.05) is 11.9 Å². The lowest BCUT2D eigenvalue weighted by Crippen LogP contribution is -2.45. The Balaban J connectivity index is 2.09. The number of allylic oxidation sites excluding steroid dienone is 3. The summed E-state index contributed by atoms with van der Waals surface area (Å²) in [6, 6.07) is -0.0180. The molecule has 1 saturated heterocycles. The van der Waals surface area contributed by atoms with E-state index in [-0.39, 0.29) is 17.4 Å². The molecule has 0 saturated carbocycles. The largest absolute Gasteiger partial charge is 0.337 e. The Bertz CT molecular complexity index is 409. The molecule has 3 heteroatoms. The van der Waals surface area contributed by atoms with Crippen LogP contribution in [-0.4, -0.2) is 37.0 Å². The van der Waals surface area contributed by atoms with E-state index < -0.39 is 0 Å². The molecule has 0 bridgehead atoms. The number of nitrogens with zero attached hydrogens (tertiary/aromatic N) is 1. The van der Waals surface area contributed by atoms with Crippen LogP contribution in [0.25, 0.3) is 0 Å². The molecule has 2 unspecified atom stereocenters. The Morgan fingerprint density at radius 1 is 1.47 bits per heavy atom. The Morgan fingerprint density at radius 3 is 2.79 bits per heavy atom. The van der Waals surface area contributed by atoms with E-state index in [1.54, 1.807) is 0 Å². The SMILES string of the molecule is CNC1CC(C)CCN(CC2=CC=CC2(C)C)C1=O. The lowest BCUT2D eigenvalue weighted by molar-refractivity contribution is -0.132. The molecule has 1 fully saturated rings. The van der Waals surface area contributed by atoms with Gasteiger partial charge in [0, 0.05) is 18.5 Å². The molecule has 2 rings (SSSR count). The van der Waals surface area contributed by atoms with Gasteiger partial charge in [-0.25, -0.2) is 0 Å². The first-order chi connectivity index (χ1) is 8.94. The average molecular weight is 262 g/mol. The second-order valence-electron chi connectivity index (χ2n) is 6.50. The van der Waals surface area contributed by atoms with Gasteiger partial charge in [-0.1, -0.05) is 39.0 Å². The number of hydrogen-bond donors (Lipinski definition) is 1. The zero-order chi connectivity index (χ0) is 14.0. The van der Waals surface area contributed by atoms with E-state index in [0.29, 0.717) is 5.92 Å². The van der Waals surface area contributed by atoms with Crippen LogP contribution in [0.1, 0.15) is 33.6 Å². The quantitative estimate of drug-likeness (QED) is 0.847. The van der Waals surface area contributed by atoms with Crippen molar-refractivity contribution in [1.29, 1.82) is 0 Å². The number of likely N-dealkylation sites (N-methyl/N-ethyl adjacent to an activating group) is 1. The zero-order valence-corrected chi connectivity index (χ0v) is 12.6. The standard InChI is InChI=1S/C16H26N2O/c1-12-7-9-18(15(19)14(10-12)17-4)11-13-6-5-8-16(13,2)3/h5-6,8,12,14,17H,7,9-11H2,1-4H3. The summed E-state index contributed by atoms with van der Waals surface area (Å²) < 4.78 is 0. The van der Waals surface area contributed by atoms with Gasteiger partial charge >= 0.3 is 0 Å². The summed E-state index contributed by atoms with van der Waals surface area (Å²) in [5, 5.41) is 3.17. The van der Waals surface area contributed by atoms with E-state index >= 15 is 0 Å². The molecular weight excluding hydrogens is 236 g/mol. The van der Waals surface area contributed by atoms with Gasteiger partial charge in [0.25, 0.3) is 0 Å². The maximum atomic E-state index is 12.5. The number of likely N-dealkylation sites (tertiary alicyclic amines) is 1. The minimum absolute atomic E-state index is 0.0180. The van der Waals surface area contributed by atoms with E-state index in [0.717, 1.165) is 25.9 Å². The number of carbonyl (C=O) groups excluding carboxylic acids is 1. The highest BCUT2D eigenvalue weighted by Gasteiger charge is 2.31. The lowest BCUT2D eigenvalue weighted by Gasteiger charge is -2.29. The van der Waals surface area contributed by atoms with Crippen molar-refractivity contribution >= 4 is 5.91 Å². The van der Waals surface area contributed by atoms with Gasteiger partial charge < -0.3 is 10.2 Å². The fourth-order valence-corrected chi connectivity index (χ4v) is 2.91. The topological polar surface area (TPSA) is 32.3 Å². The molecule has 0 radical (unpaired) electrons. The third-order valence-electron chi connectivity index (χ3n) is 4.49. The van der Waals surface area contributed by atoms with Crippen molar-refractivity contribution in [1.82, 2.24) is 10.2 Å². The van der Waals surface area contributed by atoms with Gasteiger partial charge in [-0.2, -0.15) is 0 Å². The first kappa shape index (κ1) is 14.3. The first-order valence-corrected chi connectivity index (χ1v) is 7.29. The van der Waals surface area contributed by atoms with E-state index in [2.05, 4.69) is 44.3 Å². The van der Waals surface area contributed by atoms with Gasteiger partial charge in [0.15, 0.2) is 0 Å². The summed E-state index contributed by atoms with van der Waals surface area (Å²) in [6.07, 6.45) is 8.53. The average Bonchev–Trinajstić information content (AvgIpc) is 2.62. The Labute approximate surface area is 116 Å². The number of rotatable bonds is 3. The molecule has 3 nitrogen and oxygen atoms in total. The molecule has 2 atom stereocenters. The van der Waals surface area contributed by atoms with Crippen LogP contribution in [0.2, 0.25) is 0 Å². The molecule has 0 spiro atoms. The second-order valence-corrected chi connectivity index (χ2v) is 6.50. The third kappa shape index (κ3) is 3.08. The van der Waals surface area contributed by atoms with Crippen LogP contribution < -0.4 is 5.32 Å². The van der Waals surface area contributed by atoms with Gasteiger partial charge in [-0.3, -0.25) is 4.79 Å². The van der Waals surface area contributed by atoms with Crippen LogP contribution in [0.15, 0.2) is 23.8 Å². The fraction of sp³-hybridized carbons (Fsp3) is 0.688. The fourth-order valence-electron chi connectivity index (χ4n) is 2.91. The molecule has 106 valence electrons. The molecule has 0 aromatic carbocycles. The molecule has 1 aliphatic carbocycles. The van der Waals surface area contributed by atoms with Crippen molar-refractivity contribution in [3.05, 3.63) is 23.8 Å². The zero-order valence-electron chi connectivity index (χ0n) is 12.6. The van der Waals surface area contributed by atoms with Crippen LogP contribution in [0.3, 0.4) is 0 Å². The molecule has 2 aliphatic rings. The maximum absolute atomic E-state index is 12.5. The predicted octanol–water partition coefficient (Wildman–Crippen LogP) is 2.36. The summed E-state index contributed by atoms with van der Waals surface area (Å²) in [5.74, 6) is 0.866. The van der Waals surface area contributed by atoms with Gasteiger partial charge in [0.1, 0.15) is 0 Å². The normalized spacial score (nSPS) is 30.4. The Hall–Kier alpha value is -1.09.